The number of rotatable bonds is 4. The van der Waals surface area contributed by atoms with Gasteiger partial charge in [0.2, 0.25) is 0 Å². The Morgan fingerprint density at radius 3 is 2.10 bits per heavy atom. The molecule has 0 N–H and O–H groups in total. The Morgan fingerprint density at radius 2 is 1.62 bits per heavy atom. The summed E-state index contributed by atoms with van der Waals surface area (Å²) in [5.74, 6) is 0. The van der Waals surface area contributed by atoms with Crippen molar-refractivity contribution in [1.29, 1.82) is 0 Å². The fraction of sp³-hybridized carbons (Fsp3) is 0.647. The Bertz CT molecular complexity index is 475. The molecule has 1 saturated carbocycles. The van der Waals surface area contributed by atoms with E-state index >= 15 is 0 Å². The zero-order valence-corrected chi connectivity index (χ0v) is 13.5. The molecule has 0 aromatic heterocycles. The maximum absolute atomic E-state index is 6.06. The van der Waals surface area contributed by atoms with Crippen LogP contribution in [0.5, 0.6) is 0 Å². The maximum atomic E-state index is 6.06. The third kappa shape index (κ3) is 3.03. The molecule has 0 amide bonds. The second kappa shape index (κ2) is 5.42. The van der Waals surface area contributed by atoms with Crippen molar-refractivity contribution in [2.24, 2.45) is 0 Å². The van der Waals surface area contributed by atoms with Crippen LogP contribution >= 0.6 is 0 Å². The van der Waals surface area contributed by atoms with Crippen LogP contribution in [0.1, 0.15) is 52.5 Å². The molecule has 1 heterocycles. The molecule has 1 saturated heterocycles. The van der Waals surface area contributed by atoms with Crippen molar-refractivity contribution in [1.82, 2.24) is 0 Å². The molecule has 1 aliphatic heterocycles. The average molecular weight is 288 g/mol. The van der Waals surface area contributed by atoms with E-state index in [1.165, 1.54) is 24.8 Å². The number of benzene rings is 1. The van der Waals surface area contributed by atoms with Crippen LogP contribution in [0.25, 0.3) is 0 Å². The maximum Gasteiger partial charge on any atom is 0.494 e. The topological polar surface area (TPSA) is 27.7 Å². The minimum atomic E-state index is -0.288. The van der Waals surface area contributed by atoms with Gasteiger partial charge < -0.3 is 14.0 Å². The third-order valence-corrected chi connectivity index (χ3v) is 5.04. The number of hydrogen-bond donors (Lipinski definition) is 0. The van der Waals surface area contributed by atoms with E-state index < -0.39 is 0 Å². The van der Waals surface area contributed by atoms with E-state index in [-0.39, 0.29) is 18.3 Å². The minimum absolute atomic E-state index is 0.281. The number of ether oxygens (including phenoxy) is 1. The van der Waals surface area contributed by atoms with E-state index in [0.717, 1.165) is 5.46 Å². The van der Waals surface area contributed by atoms with Crippen molar-refractivity contribution >= 4 is 12.6 Å². The predicted octanol–water partition coefficient (Wildman–Crippen LogP) is 3.05. The fourth-order valence-corrected chi connectivity index (χ4v) is 2.50. The highest BCUT2D eigenvalue weighted by molar-refractivity contribution is 6.62. The van der Waals surface area contributed by atoms with Gasteiger partial charge in [-0.1, -0.05) is 24.3 Å². The highest BCUT2D eigenvalue weighted by atomic mass is 16.7. The van der Waals surface area contributed by atoms with Gasteiger partial charge in [0.1, 0.15) is 0 Å². The van der Waals surface area contributed by atoms with E-state index in [1.807, 2.05) is 0 Å². The molecule has 0 bridgehead atoms. The molecule has 3 nitrogen and oxygen atoms in total. The number of hydrogen-bond acceptors (Lipinski definition) is 3. The largest absolute Gasteiger partial charge is 0.494 e. The van der Waals surface area contributed by atoms with Crippen LogP contribution in [0.4, 0.5) is 0 Å². The average Bonchev–Trinajstić information content (AvgIpc) is 2.57. The summed E-state index contributed by atoms with van der Waals surface area (Å²) in [5, 5.41) is 0. The molecule has 114 valence electrons. The molecule has 0 spiro atoms. The van der Waals surface area contributed by atoms with Gasteiger partial charge in [-0.3, -0.25) is 0 Å². The normalized spacial score (nSPS) is 24.1. The summed E-state index contributed by atoms with van der Waals surface area (Å²) in [5.41, 5.74) is 1.70. The van der Waals surface area contributed by atoms with Crippen molar-refractivity contribution in [2.75, 3.05) is 0 Å². The SMILES string of the molecule is CC1(C)OB(c2ccc(COC3CCC3)cc2)OC1(C)C. The summed E-state index contributed by atoms with van der Waals surface area (Å²) in [6, 6.07) is 8.39. The van der Waals surface area contributed by atoms with Gasteiger partial charge in [0.05, 0.1) is 23.9 Å². The van der Waals surface area contributed by atoms with Gasteiger partial charge in [-0.2, -0.15) is 0 Å². The first kappa shape index (κ1) is 15.1. The van der Waals surface area contributed by atoms with E-state index in [9.17, 15) is 0 Å². The Morgan fingerprint density at radius 1 is 1.05 bits per heavy atom. The molecule has 0 atom stereocenters. The molecular weight excluding hydrogens is 263 g/mol. The second-order valence-electron chi connectivity index (χ2n) is 7.19. The Balaban J connectivity index is 1.62. The highest BCUT2D eigenvalue weighted by Crippen LogP contribution is 2.36. The summed E-state index contributed by atoms with van der Waals surface area (Å²) in [4.78, 5) is 0. The van der Waals surface area contributed by atoms with Crippen molar-refractivity contribution in [3.05, 3.63) is 29.8 Å². The van der Waals surface area contributed by atoms with Crippen LogP contribution in [0.15, 0.2) is 24.3 Å². The Kier molecular flexibility index (Phi) is 3.89. The summed E-state index contributed by atoms with van der Waals surface area (Å²) < 4.78 is 18.0. The lowest BCUT2D eigenvalue weighted by atomic mass is 9.79. The molecule has 1 aromatic rings. The fourth-order valence-electron chi connectivity index (χ4n) is 2.50. The van der Waals surface area contributed by atoms with Crippen molar-refractivity contribution in [3.8, 4) is 0 Å². The Hall–Kier alpha value is -0.835. The zero-order chi connectivity index (χ0) is 15.1. The van der Waals surface area contributed by atoms with E-state index in [4.69, 9.17) is 14.0 Å². The van der Waals surface area contributed by atoms with Crippen LogP contribution in [-0.4, -0.2) is 24.4 Å². The van der Waals surface area contributed by atoms with Gasteiger partial charge in [0, 0.05) is 0 Å². The van der Waals surface area contributed by atoms with Gasteiger partial charge in [0.25, 0.3) is 0 Å². The molecular formula is C17H25BO3. The molecule has 0 unspecified atom stereocenters. The lowest BCUT2D eigenvalue weighted by Crippen LogP contribution is -2.41. The molecule has 0 radical (unpaired) electrons. The van der Waals surface area contributed by atoms with Gasteiger partial charge >= 0.3 is 7.12 Å². The van der Waals surface area contributed by atoms with Crippen molar-refractivity contribution in [2.45, 2.75) is 70.9 Å². The molecule has 1 aromatic carbocycles. The quantitative estimate of drug-likeness (QED) is 0.797. The monoisotopic (exact) mass is 288 g/mol. The van der Waals surface area contributed by atoms with Gasteiger partial charge in [-0.15, -0.1) is 0 Å². The van der Waals surface area contributed by atoms with Crippen molar-refractivity contribution < 1.29 is 14.0 Å². The molecule has 21 heavy (non-hydrogen) atoms. The van der Waals surface area contributed by atoms with E-state index in [0.29, 0.717) is 12.7 Å². The van der Waals surface area contributed by atoms with Crippen molar-refractivity contribution in [3.63, 3.8) is 0 Å². The molecule has 4 heteroatoms. The molecule has 1 aliphatic carbocycles. The van der Waals surface area contributed by atoms with Gasteiger partial charge in [0.15, 0.2) is 0 Å². The molecule has 2 fully saturated rings. The molecule has 3 rings (SSSR count). The minimum Gasteiger partial charge on any atom is -0.399 e. The summed E-state index contributed by atoms with van der Waals surface area (Å²) >= 11 is 0. The predicted molar refractivity (Wildman–Crippen MR) is 84.6 cm³/mol. The third-order valence-electron chi connectivity index (χ3n) is 5.04. The summed E-state index contributed by atoms with van der Waals surface area (Å²) in [6.45, 7) is 9.01. The second-order valence-corrected chi connectivity index (χ2v) is 7.19. The standard InChI is InChI=1S/C17H25BO3/c1-16(2)17(3,4)21-18(20-16)14-10-8-13(9-11-14)12-19-15-6-5-7-15/h8-11,15H,5-7,12H2,1-4H3. The Labute approximate surface area is 128 Å². The van der Waals surface area contributed by atoms with Crippen LogP contribution in [0, 0.1) is 0 Å². The zero-order valence-electron chi connectivity index (χ0n) is 13.5. The molecule has 2 aliphatic rings. The van der Waals surface area contributed by atoms with E-state index in [2.05, 4.69) is 52.0 Å². The van der Waals surface area contributed by atoms with Crippen LogP contribution in [-0.2, 0) is 20.7 Å². The first-order valence-electron chi connectivity index (χ1n) is 7.93. The van der Waals surface area contributed by atoms with E-state index in [1.54, 1.807) is 0 Å². The lowest BCUT2D eigenvalue weighted by Gasteiger charge is -2.32. The van der Waals surface area contributed by atoms with Crippen LogP contribution in [0.3, 0.4) is 0 Å². The first-order chi connectivity index (χ1) is 9.87. The first-order valence-corrected chi connectivity index (χ1v) is 7.93. The van der Waals surface area contributed by atoms with Crippen LogP contribution < -0.4 is 5.46 Å². The smallest absolute Gasteiger partial charge is 0.399 e. The highest BCUT2D eigenvalue weighted by Gasteiger charge is 2.51. The summed E-state index contributed by atoms with van der Waals surface area (Å²) in [7, 11) is -0.281. The van der Waals surface area contributed by atoms with Crippen LogP contribution in [0.2, 0.25) is 0 Å². The van der Waals surface area contributed by atoms with Gasteiger partial charge in [-0.05, 0) is 58.0 Å². The van der Waals surface area contributed by atoms with Gasteiger partial charge in [-0.25, -0.2) is 0 Å². The summed E-state index contributed by atoms with van der Waals surface area (Å²) in [6.07, 6.45) is 4.22. The lowest BCUT2D eigenvalue weighted by molar-refractivity contribution is -0.00865.